The van der Waals surface area contributed by atoms with Crippen molar-refractivity contribution in [3.05, 3.63) is 64.8 Å². The Bertz CT molecular complexity index is 1000. The van der Waals surface area contributed by atoms with Crippen molar-refractivity contribution in [2.75, 3.05) is 25.5 Å². The zero-order valence-electron chi connectivity index (χ0n) is 16.2. The Labute approximate surface area is 159 Å². The molecule has 0 spiro atoms. The summed E-state index contributed by atoms with van der Waals surface area (Å²) in [4.78, 5) is 30.1. The summed E-state index contributed by atoms with van der Waals surface area (Å²) in [7, 11) is 1.78. The van der Waals surface area contributed by atoms with Gasteiger partial charge in [-0.3, -0.25) is 14.5 Å². The smallest absolute Gasteiger partial charge is 0.238 e. The summed E-state index contributed by atoms with van der Waals surface area (Å²) in [5, 5.41) is 3.86. The van der Waals surface area contributed by atoms with Crippen LogP contribution >= 0.6 is 0 Å². The van der Waals surface area contributed by atoms with Crippen LogP contribution in [0, 0.1) is 20.8 Å². The second-order valence-corrected chi connectivity index (χ2v) is 7.06. The van der Waals surface area contributed by atoms with Gasteiger partial charge in [0.25, 0.3) is 0 Å². The van der Waals surface area contributed by atoms with E-state index < -0.39 is 0 Å². The maximum absolute atomic E-state index is 12.8. The number of amides is 1. The number of nitrogens with zero attached hydrogens (tertiary/aromatic N) is 1. The van der Waals surface area contributed by atoms with E-state index in [2.05, 4.69) is 10.3 Å². The number of hydrogen-bond donors (Lipinski definition) is 2. The number of fused-ring (bicyclic) bond motifs is 1. The molecule has 0 bridgehead atoms. The summed E-state index contributed by atoms with van der Waals surface area (Å²) in [6.45, 7) is 6.24. The fourth-order valence-electron chi connectivity index (χ4n) is 3.34. The number of para-hydroxylation sites is 1. The lowest BCUT2D eigenvalue weighted by Crippen LogP contribution is -2.34. The summed E-state index contributed by atoms with van der Waals surface area (Å²) in [6, 6.07) is 13.6. The number of carbonyl (C=O) groups is 2. The van der Waals surface area contributed by atoms with Crippen molar-refractivity contribution in [3.63, 3.8) is 0 Å². The molecule has 2 aromatic carbocycles. The molecule has 3 aromatic rings. The van der Waals surface area contributed by atoms with E-state index in [4.69, 9.17) is 0 Å². The van der Waals surface area contributed by atoms with Gasteiger partial charge in [-0.1, -0.05) is 30.3 Å². The molecule has 0 saturated heterocycles. The molecule has 27 heavy (non-hydrogen) atoms. The number of likely N-dealkylation sites (N-methyl/N-ethyl adjacent to an activating group) is 1. The lowest BCUT2D eigenvalue weighted by Gasteiger charge is -2.17. The number of ketones is 1. The molecule has 0 aliphatic heterocycles. The molecule has 1 aromatic heterocycles. The van der Waals surface area contributed by atoms with Crippen LogP contribution in [0.1, 0.15) is 27.2 Å². The molecule has 1 heterocycles. The first-order valence-corrected chi connectivity index (χ1v) is 9.02. The van der Waals surface area contributed by atoms with Crippen molar-refractivity contribution in [1.82, 2.24) is 9.88 Å². The van der Waals surface area contributed by atoms with E-state index in [1.165, 1.54) is 0 Å². The third kappa shape index (κ3) is 4.09. The largest absolute Gasteiger partial charge is 0.358 e. The lowest BCUT2D eigenvalue weighted by atomic mass is 10.1. The van der Waals surface area contributed by atoms with Gasteiger partial charge < -0.3 is 10.3 Å². The minimum atomic E-state index is -0.130. The first kappa shape index (κ1) is 18.9. The molecular formula is C22H25N3O2. The number of anilines is 1. The summed E-state index contributed by atoms with van der Waals surface area (Å²) >= 11 is 0. The van der Waals surface area contributed by atoms with E-state index in [0.29, 0.717) is 5.56 Å². The van der Waals surface area contributed by atoms with Gasteiger partial charge >= 0.3 is 0 Å². The number of aromatic amines is 1. The van der Waals surface area contributed by atoms with Gasteiger partial charge in [-0.05, 0) is 51.1 Å². The number of H-pyrrole nitrogens is 1. The molecule has 0 aliphatic rings. The Balaban J connectivity index is 1.65. The highest BCUT2D eigenvalue weighted by Crippen LogP contribution is 2.22. The van der Waals surface area contributed by atoms with Gasteiger partial charge in [0.1, 0.15) is 0 Å². The van der Waals surface area contributed by atoms with Gasteiger partial charge in [0.2, 0.25) is 5.91 Å². The van der Waals surface area contributed by atoms with Crippen LogP contribution in [0.25, 0.3) is 10.9 Å². The monoisotopic (exact) mass is 363 g/mol. The first-order valence-electron chi connectivity index (χ1n) is 9.02. The lowest BCUT2D eigenvalue weighted by molar-refractivity contribution is -0.116. The Kier molecular flexibility index (Phi) is 5.42. The predicted molar refractivity (Wildman–Crippen MR) is 109 cm³/mol. The number of rotatable bonds is 6. The van der Waals surface area contributed by atoms with Crippen LogP contribution in [0.4, 0.5) is 5.69 Å². The van der Waals surface area contributed by atoms with E-state index in [9.17, 15) is 9.59 Å². The summed E-state index contributed by atoms with van der Waals surface area (Å²) in [5.74, 6) is -0.123. The fraction of sp³-hybridized carbons (Fsp3) is 0.273. The second-order valence-electron chi connectivity index (χ2n) is 7.06. The van der Waals surface area contributed by atoms with Crippen LogP contribution in [-0.4, -0.2) is 41.7 Å². The summed E-state index contributed by atoms with van der Waals surface area (Å²) in [6.07, 6.45) is 0. The van der Waals surface area contributed by atoms with Crippen molar-refractivity contribution < 1.29 is 9.59 Å². The molecule has 5 nitrogen and oxygen atoms in total. The molecule has 2 N–H and O–H groups in total. The van der Waals surface area contributed by atoms with E-state index in [1.807, 2.05) is 63.2 Å². The minimum absolute atomic E-state index is 0.00647. The highest BCUT2D eigenvalue weighted by molar-refractivity contribution is 6.10. The Hall–Kier alpha value is -2.92. The van der Waals surface area contributed by atoms with Gasteiger partial charge in [0, 0.05) is 27.8 Å². The molecule has 0 saturated carbocycles. The van der Waals surface area contributed by atoms with Crippen LogP contribution < -0.4 is 5.32 Å². The molecule has 0 radical (unpaired) electrons. The SMILES string of the molecule is Cc1cccc(NC(=O)CN(C)CC(=O)c2c(C)[nH]c3ccccc23)c1C. The van der Waals surface area contributed by atoms with Crippen LogP contribution in [0.15, 0.2) is 42.5 Å². The molecule has 0 fully saturated rings. The normalized spacial score (nSPS) is 11.1. The van der Waals surface area contributed by atoms with Crippen molar-refractivity contribution in [2.24, 2.45) is 0 Å². The summed E-state index contributed by atoms with van der Waals surface area (Å²) in [5.41, 5.74) is 5.51. The van der Waals surface area contributed by atoms with Gasteiger partial charge in [0.05, 0.1) is 13.1 Å². The molecule has 0 aliphatic carbocycles. The number of carbonyl (C=O) groups excluding carboxylic acids is 2. The van der Waals surface area contributed by atoms with Gasteiger partial charge in [-0.25, -0.2) is 0 Å². The number of aromatic nitrogens is 1. The van der Waals surface area contributed by atoms with E-state index in [0.717, 1.165) is 33.4 Å². The standard InChI is InChI=1S/C22H25N3O2/c1-14-8-7-11-18(15(14)2)24-21(27)13-25(4)12-20(26)22-16(3)23-19-10-6-5-9-17(19)22/h5-11,23H,12-13H2,1-4H3,(H,24,27). The van der Waals surface area contributed by atoms with E-state index in [-0.39, 0.29) is 24.8 Å². The molecule has 0 atom stereocenters. The molecule has 3 rings (SSSR count). The highest BCUT2D eigenvalue weighted by Gasteiger charge is 2.18. The number of nitrogens with one attached hydrogen (secondary N) is 2. The number of benzene rings is 2. The Morgan fingerprint density at radius 3 is 2.52 bits per heavy atom. The van der Waals surface area contributed by atoms with Crippen LogP contribution in [0.3, 0.4) is 0 Å². The zero-order chi connectivity index (χ0) is 19.6. The average Bonchev–Trinajstić information content (AvgIpc) is 2.94. The molecule has 140 valence electrons. The fourth-order valence-corrected chi connectivity index (χ4v) is 3.34. The van der Waals surface area contributed by atoms with Gasteiger partial charge in [-0.2, -0.15) is 0 Å². The van der Waals surface area contributed by atoms with Crippen molar-refractivity contribution in [1.29, 1.82) is 0 Å². The molecule has 0 unspecified atom stereocenters. The van der Waals surface area contributed by atoms with Crippen LogP contribution in [0.5, 0.6) is 0 Å². The number of hydrogen-bond acceptors (Lipinski definition) is 3. The van der Waals surface area contributed by atoms with E-state index >= 15 is 0 Å². The topological polar surface area (TPSA) is 65.2 Å². The van der Waals surface area contributed by atoms with E-state index in [1.54, 1.807) is 11.9 Å². The van der Waals surface area contributed by atoms with Crippen molar-refractivity contribution in [2.45, 2.75) is 20.8 Å². The maximum Gasteiger partial charge on any atom is 0.238 e. The maximum atomic E-state index is 12.8. The van der Waals surface area contributed by atoms with Gasteiger partial charge in [-0.15, -0.1) is 0 Å². The first-order chi connectivity index (χ1) is 12.9. The van der Waals surface area contributed by atoms with Crippen molar-refractivity contribution >= 4 is 28.3 Å². The van der Waals surface area contributed by atoms with Gasteiger partial charge in [0.15, 0.2) is 5.78 Å². The third-order valence-electron chi connectivity index (χ3n) is 4.88. The number of aryl methyl sites for hydroxylation is 2. The Morgan fingerprint density at radius 1 is 1.00 bits per heavy atom. The average molecular weight is 363 g/mol. The highest BCUT2D eigenvalue weighted by atomic mass is 16.2. The zero-order valence-corrected chi connectivity index (χ0v) is 16.2. The molecule has 1 amide bonds. The molecular weight excluding hydrogens is 338 g/mol. The van der Waals surface area contributed by atoms with Crippen LogP contribution in [-0.2, 0) is 4.79 Å². The second kappa shape index (κ2) is 7.76. The minimum Gasteiger partial charge on any atom is -0.358 e. The third-order valence-corrected chi connectivity index (χ3v) is 4.88. The van der Waals surface area contributed by atoms with Crippen LogP contribution in [0.2, 0.25) is 0 Å². The Morgan fingerprint density at radius 2 is 1.74 bits per heavy atom. The predicted octanol–water partition coefficient (Wildman–Crippen LogP) is 3.85. The quantitative estimate of drug-likeness (QED) is 0.654. The molecule has 5 heteroatoms. The number of Topliss-reactive ketones (excluding diaryl/α,β-unsaturated/α-hetero) is 1. The van der Waals surface area contributed by atoms with Crippen molar-refractivity contribution in [3.8, 4) is 0 Å². The summed E-state index contributed by atoms with van der Waals surface area (Å²) < 4.78 is 0.